The minimum atomic E-state index is 0.703. The molecule has 16 heavy (non-hydrogen) atoms. The van der Waals surface area contributed by atoms with E-state index in [1.54, 1.807) is 0 Å². The maximum Gasteiger partial charge on any atom is 0.0243 e. The maximum atomic E-state index is 3.58. The largest absolute Gasteiger partial charge is 0.315 e. The zero-order valence-corrected chi connectivity index (χ0v) is 11.6. The van der Waals surface area contributed by atoms with Gasteiger partial charge in [-0.3, -0.25) is 4.90 Å². The fraction of sp³-hybridized carbons (Fsp3) is 1.00. The molecule has 0 heterocycles. The van der Waals surface area contributed by atoms with Crippen LogP contribution < -0.4 is 5.32 Å². The van der Waals surface area contributed by atoms with Crippen LogP contribution in [0.5, 0.6) is 0 Å². The molecule has 1 saturated carbocycles. The van der Waals surface area contributed by atoms with E-state index < -0.39 is 0 Å². The Kier molecular flexibility index (Phi) is 6.37. The van der Waals surface area contributed by atoms with Gasteiger partial charge in [-0.25, -0.2) is 0 Å². The highest BCUT2D eigenvalue weighted by Crippen LogP contribution is 2.25. The first kappa shape index (κ1) is 14.0. The number of nitrogens with zero attached hydrogens (tertiary/aromatic N) is 1. The first-order valence-electron chi connectivity index (χ1n) is 7.09. The average Bonchev–Trinajstić information content (AvgIpc) is 2.76. The highest BCUT2D eigenvalue weighted by molar-refractivity contribution is 4.83. The molecule has 1 N–H and O–H groups in total. The lowest BCUT2D eigenvalue weighted by atomic mass is 10.0. The van der Waals surface area contributed by atoms with E-state index in [1.165, 1.54) is 32.1 Å². The van der Waals surface area contributed by atoms with Crippen molar-refractivity contribution in [3.8, 4) is 0 Å². The van der Waals surface area contributed by atoms with Gasteiger partial charge in [-0.15, -0.1) is 0 Å². The van der Waals surface area contributed by atoms with Crippen molar-refractivity contribution in [1.82, 2.24) is 10.2 Å². The molecule has 96 valence electrons. The molecule has 0 amide bonds. The van der Waals surface area contributed by atoms with Gasteiger partial charge in [0.25, 0.3) is 0 Å². The van der Waals surface area contributed by atoms with Crippen LogP contribution in [0.4, 0.5) is 0 Å². The van der Waals surface area contributed by atoms with Crippen LogP contribution in [0.2, 0.25) is 0 Å². The molecule has 1 unspecified atom stereocenters. The summed E-state index contributed by atoms with van der Waals surface area (Å²) in [5.74, 6) is 0.745. The van der Waals surface area contributed by atoms with Crippen molar-refractivity contribution < 1.29 is 0 Å². The second-order valence-electron chi connectivity index (χ2n) is 5.62. The number of likely N-dealkylation sites (N-methyl/N-ethyl adjacent to an activating group) is 1. The van der Waals surface area contributed by atoms with Gasteiger partial charge in [-0.05, 0) is 38.8 Å². The number of hydrogen-bond acceptors (Lipinski definition) is 2. The van der Waals surface area contributed by atoms with Crippen molar-refractivity contribution in [2.45, 2.75) is 65.0 Å². The van der Waals surface area contributed by atoms with Gasteiger partial charge in [-0.1, -0.05) is 33.6 Å². The van der Waals surface area contributed by atoms with Crippen molar-refractivity contribution in [2.24, 2.45) is 5.92 Å². The lowest BCUT2D eigenvalue weighted by Crippen LogP contribution is -2.47. The smallest absolute Gasteiger partial charge is 0.0243 e. The predicted octanol–water partition coefficient (Wildman–Crippen LogP) is 2.89. The fourth-order valence-corrected chi connectivity index (χ4v) is 2.86. The molecule has 0 aromatic heterocycles. The summed E-state index contributed by atoms with van der Waals surface area (Å²) in [5.41, 5.74) is 0. The second kappa shape index (κ2) is 7.29. The van der Waals surface area contributed by atoms with Crippen LogP contribution in [0.1, 0.15) is 52.9 Å². The van der Waals surface area contributed by atoms with E-state index in [4.69, 9.17) is 0 Å². The molecule has 2 nitrogen and oxygen atoms in total. The van der Waals surface area contributed by atoms with Crippen LogP contribution in [0.15, 0.2) is 0 Å². The summed E-state index contributed by atoms with van der Waals surface area (Å²) in [5, 5.41) is 3.58. The third-order valence-electron chi connectivity index (χ3n) is 3.97. The summed E-state index contributed by atoms with van der Waals surface area (Å²) in [6.45, 7) is 9.24. The summed E-state index contributed by atoms with van der Waals surface area (Å²) in [6.07, 6.45) is 6.92. The Balaban J connectivity index is 2.40. The molecule has 1 aliphatic rings. The van der Waals surface area contributed by atoms with Gasteiger partial charge in [0.15, 0.2) is 0 Å². The summed E-state index contributed by atoms with van der Waals surface area (Å²) in [6, 6.07) is 1.55. The van der Waals surface area contributed by atoms with Crippen molar-refractivity contribution in [1.29, 1.82) is 0 Å². The van der Waals surface area contributed by atoms with Gasteiger partial charge < -0.3 is 5.32 Å². The Morgan fingerprint density at radius 3 is 2.38 bits per heavy atom. The van der Waals surface area contributed by atoms with Crippen molar-refractivity contribution in [3.63, 3.8) is 0 Å². The van der Waals surface area contributed by atoms with Gasteiger partial charge >= 0.3 is 0 Å². The van der Waals surface area contributed by atoms with E-state index in [9.17, 15) is 0 Å². The summed E-state index contributed by atoms with van der Waals surface area (Å²) in [7, 11) is 2.33. The highest BCUT2D eigenvalue weighted by Gasteiger charge is 2.26. The van der Waals surface area contributed by atoms with Gasteiger partial charge in [0, 0.05) is 18.6 Å². The molecule has 2 heteroatoms. The summed E-state index contributed by atoms with van der Waals surface area (Å²) >= 11 is 0. The molecular formula is C14H30N2. The third-order valence-corrected chi connectivity index (χ3v) is 3.97. The third kappa shape index (κ3) is 4.06. The first-order chi connectivity index (χ1) is 7.66. The molecular weight excluding hydrogens is 196 g/mol. The van der Waals surface area contributed by atoms with Crippen LogP contribution in [0.3, 0.4) is 0 Å². The zero-order valence-electron chi connectivity index (χ0n) is 11.6. The fourth-order valence-electron chi connectivity index (χ4n) is 2.86. The Morgan fingerprint density at radius 2 is 1.88 bits per heavy atom. The highest BCUT2D eigenvalue weighted by atomic mass is 15.2. The molecule has 0 saturated heterocycles. The number of rotatable bonds is 7. The molecule has 0 bridgehead atoms. The van der Waals surface area contributed by atoms with Gasteiger partial charge in [0.2, 0.25) is 0 Å². The monoisotopic (exact) mass is 226 g/mol. The minimum Gasteiger partial charge on any atom is -0.315 e. The molecule has 0 aliphatic heterocycles. The molecule has 1 rings (SSSR count). The Labute approximate surface area is 102 Å². The van der Waals surface area contributed by atoms with E-state index in [0.29, 0.717) is 6.04 Å². The lowest BCUT2D eigenvalue weighted by molar-refractivity contribution is 0.135. The van der Waals surface area contributed by atoms with Gasteiger partial charge in [0.1, 0.15) is 0 Å². The van der Waals surface area contributed by atoms with E-state index in [0.717, 1.165) is 25.0 Å². The van der Waals surface area contributed by atoms with Crippen LogP contribution in [0, 0.1) is 5.92 Å². The Morgan fingerprint density at radius 1 is 1.25 bits per heavy atom. The SMILES string of the molecule is CCCNCC(C(C)C)N(C)C1CCCC1. The van der Waals surface area contributed by atoms with E-state index in [2.05, 4.69) is 38.0 Å². The van der Waals surface area contributed by atoms with Crippen LogP contribution in [0.25, 0.3) is 0 Å². The number of hydrogen-bond donors (Lipinski definition) is 1. The minimum absolute atomic E-state index is 0.703. The van der Waals surface area contributed by atoms with Crippen molar-refractivity contribution >= 4 is 0 Å². The summed E-state index contributed by atoms with van der Waals surface area (Å²) < 4.78 is 0. The number of nitrogens with one attached hydrogen (secondary N) is 1. The standard InChI is InChI=1S/C14H30N2/c1-5-10-15-11-14(12(2)3)16(4)13-8-6-7-9-13/h12-15H,5-11H2,1-4H3. The Hall–Kier alpha value is -0.0800. The Bertz CT molecular complexity index is 174. The topological polar surface area (TPSA) is 15.3 Å². The predicted molar refractivity (Wildman–Crippen MR) is 71.8 cm³/mol. The normalized spacial score (nSPS) is 19.9. The van der Waals surface area contributed by atoms with Crippen molar-refractivity contribution in [2.75, 3.05) is 20.1 Å². The van der Waals surface area contributed by atoms with Crippen LogP contribution >= 0.6 is 0 Å². The van der Waals surface area contributed by atoms with E-state index in [1.807, 2.05) is 0 Å². The zero-order chi connectivity index (χ0) is 12.0. The van der Waals surface area contributed by atoms with Crippen LogP contribution in [-0.4, -0.2) is 37.1 Å². The second-order valence-corrected chi connectivity index (χ2v) is 5.62. The molecule has 1 fully saturated rings. The average molecular weight is 226 g/mol. The van der Waals surface area contributed by atoms with E-state index in [-0.39, 0.29) is 0 Å². The molecule has 0 radical (unpaired) electrons. The van der Waals surface area contributed by atoms with Crippen molar-refractivity contribution in [3.05, 3.63) is 0 Å². The summed E-state index contributed by atoms with van der Waals surface area (Å²) in [4.78, 5) is 2.64. The first-order valence-corrected chi connectivity index (χ1v) is 7.09. The molecule has 0 spiro atoms. The van der Waals surface area contributed by atoms with E-state index >= 15 is 0 Å². The van der Waals surface area contributed by atoms with Gasteiger partial charge in [0.05, 0.1) is 0 Å². The lowest BCUT2D eigenvalue weighted by Gasteiger charge is -2.36. The quantitative estimate of drug-likeness (QED) is 0.672. The molecule has 1 atom stereocenters. The molecule has 0 aromatic carbocycles. The molecule has 0 aromatic rings. The van der Waals surface area contributed by atoms with Crippen LogP contribution in [-0.2, 0) is 0 Å². The molecule has 1 aliphatic carbocycles. The maximum absolute atomic E-state index is 3.58. The van der Waals surface area contributed by atoms with Gasteiger partial charge in [-0.2, -0.15) is 0 Å².